The van der Waals surface area contributed by atoms with Crippen LogP contribution in [-0.2, 0) is 24.4 Å². The first-order valence-corrected chi connectivity index (χ1v) is 9.15. The predicted molar refractivity (Wildman–Crippen MR) is 106 cm³/mol. The van der Waals surface area contributed by atoms with Gasteiger partial charge >= 0.3 is 0 Å². The van der Waals surface area contributed by atoms with Gasteiger partial charge < -0.3 is 15.4 Å². The Morgan fingerprint density at radius 1 is 1.19 bits per heavy atom. The fraction of sp³-hybridized carbons (Fsp3) is 0.500. The number of benzene rings is 1. The van der Waals surface area contributed by atoms with E-state index in [9.17, 15) is 0 Å². The van der Waals surface area contributed by atoms with Gasteiger partial charge in [0.2, 0.25) is 0 Å². The monoisotopic (exact) mass is 357 g/mol. The third-order valence-electron chi connectivity index (χ3n) is 4.48. The summed E-state index contributed by atoms with van der Waals surface area (Å²) in [5, 5.41) is 11.4. The van der Waals surface area contributed by atoms with Gasteiger partial charge in [-0.25, -0.2) is 4.99 Å². The van der Waals surface area contributed by atoms with E-state index in [0.717, 1.165) is 24.7 Å². The quantitative estimate of drug-likeness (QED) is 0.563. The molecule has 1 heterocycles. The Kier molecular flexibility index (Phi) is 7.66. The Bertz CT molecular complexity index is 736. The molecule has 2 N–H and O–H groups in total. The van der Waals surface area contributed by atoms with Crippen LogP contribution in [0.5, 0.6) is 0 Å². The Balaban J connectivity index is 2.05. The third kappa shape index (κ3) is 5.33. The summed E-state index contributed by atoms with van der Waals surface area (Å²) in [7, 11) is 1.71. The summed E-state index contributed by atoms with van der Waals surface area (Å²) >= 11 is 0. The first-order valence-electron chi connectivity index (χ1n) is 9.15. The van der Waals surface area contributed by atoms with Crippen molar-refractivity contribution < 1.29 is 4.74 Å². The van der Waals surface area contributed by atoms with Gasteiger partial charge in [0.05, 0.1) is 25.4 Å². The minimum Gasteiger partial charge on any atom is -0.383 e. The summed E-state index contributed by atoms with van der Waals surface area (Å²) in [6.07, 6.45) is 0. The van der Waals surface area contributed by atoms with E-state index in [0.29, 0.717) is 19.7 Å². The highest BCUT2D eigenvalue weighted by molar-refractivity contribution is 5.79. The van der Waals surface area contributed by atoms with Crippen LogP contribution in [0.4, 0.5) is 0 Å². The lowest BCUT2D eigenvalue weighted by molar-refractivity contribution is 0.182. The molecule has 0 aliphatic rings. The maximum Gasteiger partial charge on any atom is 0.191 e. The predicted octanol–water partition coefficient (Wildman–Crippen LogP) is 2.71. The van der Waals surface area contributed by atoms with E-state index in [1.54, 1.807) is 7.11 Å². The number of aromatic nitrogens is 2. The first kappa shape index (κ1) is 20.0. The van der Waals surface area contributed by atoms with Gasteiger partial charge in [0.15, 0.2) is 5.96 Å². The Hall–Kier alpha value is -2.34. The van der Waals surface area contributed by atoms with Crippen LogP contribution in [0.25, 0.3) is 0 Å². The van der Waals surface area contributed by atoms with Gasteiger partial charge in [-0.3, -0.25) is 4.68 Å². The molecule has 0 spiro atoms. The molecule has 6 heteroatoms. The fourth-order valence-corrected chi connectivity index (χ4v) is 2.85. The molecule has 1 aromatic carbocycles. The molecule has 6 nitrogen and oxygen atoms in total. The maximum atomic E-state index is 5.16. The summed E-state index contributed by atoms with van der Waals surface area (Å²) in [4.78, 5) is 4.72. The Morgan fingerprint density at radius 2 is 1.96 bits per heavy atom. The number of rotatable bonds is 8. The molecule has 2 rings (SSSR count). The zero-order chi connectivity index (χ0) is 18.9. The smallest absolute Gasteiger partial charge is 0.191 e. The van der Waals surface area contributed by atoms with Crippen molar-refractivity contribution in [2.24, 2.45) is 4.99 Å². The summed E-state index contributed by atoms with van der Waals surface area (Å²) in [6, 6.07) is 8.35. The molecular formula is C20H31N5O. The van der Waals surface area contributed by atoms with E-state index in [1.807, 2.05) is 11.6 Å². The second-order valence-electron chi connectivity index (χ2n) is 6.34. The minimum atomic E-state index is 0.660. The number of methoxy groups -OCH3 is 1. The fourth-order valence-electron chi connectivity index (χ4n) is 2.85. The van der Waals surface area contributed by atoms with Gasteiger partial charge in [0.25, 0.3) is 0 Å². The van der Waals surface area contributed by atoms with Crippen LogP contribution >= 0.6 is 0 Å². The number of nitrogens with zero attached hydrogens (tertiary/aromatic N) is 3. The van der Waals surface area contributed by atoms with E-state index in [1.165, 1.54) is 22.4 Å². The SMILES string of the molecule is CCNC(=NCc1ccccc1C)NCc1c(C)nn(CCOC)c1C. The number of nitrogens with one attached hydrogen (secondary N) is 2. The van der Waals surface area contributed by atoms with Crippen molar-refractivity contribution in [2.75, 3.05) is 20.3 Å². The van der Waals surface area contributed by atoms with E-state index < -0.39 is 0 Å². The molecule has 0 fully saturated rings. The van der Waals surface area contributed by atoms with Crippen molar-refractivity contribution in [1.29, 1.82) is 0 Å². The molecule has 142 valence electrons. The van der Waals surface area contributed by atoms with Crippen LogP contribution in [0.1, 0.15) is 35.0 Å². The summed E-state index contributed by atoms with van der Waals surface area (Å²) in [5.41, 5.74) is 5.92. The van der Waals surface area contributed by atoms with E-state index in [4.69, 9.17) is 9.73 Å². The molecule has 0 radical (unpaired) electrons. The maximum absolute atomic E-state index is 5.16. The second kappa shape index (κ2) is 9.97. The summed E-state index contributed by atoms with van der Waals surface area (Å²) < 4.78 is 7.17. The molecule has 0 aliphatic heterocycles. The van der Waals surface area contributed by atoms with Gasteiger partial charge in [0.1, 0.15) is 0 Å². The normalized spacial score (nSPS) is 11.7. The number of hydrogen-bond donors (Lipinski definition) is 2. The lowest BCUT2D eigenvalue weighted by atomic mass is 10.1. The lowest BCUT2D eigenvalue weighted by Gasteiger charge is -2.12. The van der Waals surface area contributed by atoms with Gasteiger partial charge in [-0.15, -0.1) is 0 Å². The first-order chi connectivity index (χ1) is 12.6. The van der Waals surface area contributed by atoms with E-state index in [-0.39, 0.29) is 0 Å². The number of aliphatic imine (C=N–C) groups is 1. The average Bonchev–Trinajstić information content (AvgIpc) is 2.90. The average molecular weight is 358 g/mol. The molecule has 0 saturated carbocycles. The molecule has 2 aromatic rings. The zero-order valence-electron chi connectivity index (χ0n) is 16.6. The highest BCUT2D eigenvalue weighted by Crippen LogP contribution is 2.13. The molecule has 1 aromatic heterocycles. The van der Waals surface area contributed by atoms with Crippen LogP contribution in [0.3, 0.4) is 0 Å². The zero-order valence-corrected chi connectivity index (χ0v) is 16.6. The van der Waals surface area contributed by atoms with Crippen molar-refractivity contribution in [3.63, 3.8) is 0 Å². The van der Waals surface area contributed by atoms with Gasteiger partial charge in [-0.1, -0.05) is 24.3 Å². The molecule has 26 heavy (non-hydrogen) atoms. The summed E-state index contributed by atoms with van der Waals surface area (Å²) in [6.45, 7) is 12.0. The topological polar surface area (TPSA) is 63.5 Å². The van der Waals surface area contributed by atoms with E-state index >= 15 is 0 Å². The van der Waals surface area contributed by atoms with Crippen molar-refractivity contribution in [2.45, 2.75) is 47.3 Å². The van der Waals surface area contributed by atoms with Crippen LogP contribution in [-0.4, -0.2) is 36.0 Å². The largest absolute Gasteiger partial charge is 0.383 e. The number of ether oxygens (including phenoxy) is 1. The molecule has 0 unspecified atom stereocenters. The highest BCUT2D eigenvalue weighted by atomic mass is 16.5. The number of hydrogen-bond acceptors (Lipinski definition) is 3. The number of guanidine groups is 1. The molecule has 0 amide bonds. The Labute approximate surface area is 156 Å². The summed E-state index contributed by atoms with van der Waals surface area (Å²) in [5.74, 6) is 0.819. The van der Waals surface area contributed by atoms with Crippen molar-refractivity contribution in [1.82, 2.24) is 20.4 Å². The molecular weight excluding hydrogens is 326 g/mol. The van der Waals surface area contributed by atoms with Gasteiger partial charge in [-0.05, 0) is 38.8 Å². The lowest BCUT2D eigenvalue weighted by Crippen LogP contribution is -2.37. The van der Waals surface area contributed by atoms with Crippen molar-refractivity contribution in [3.8, 4) is 0 Å². The number of aryl methyl sites for hydroxylation is 2. The molecule has 0 aliphatic carbocycles. The van der Waals surface area contributed by atoms with Crippen LogP contribution in [0.2, 0.25) is 0 Å². The standard InChI is InChI=1S/C20H31N5O/c1-6-21-20(22-13-18-10-8-7-9-15(18)2)23-14-19-16(3)24-25(17(19)4)11-12-26-5/h7-10H,6,11-14H2,1-5H3,(H2,21,22,23). The molecule has 0 saturated heterocycles. The van der Waals surface area contributed by atoms with Crippen LogP contribution < -0.4 is 10.6 Å². The van der Waals surface area contributed by atoms with E-state index in [2.05, 4.69) is 60.8 Å². The van der Waals surface area contributed by atoms with Crippen molar-refractivity contribution >= 4 is 5.96 Å². The van der Waals surface area contributed by atoms with Crippen LogP contribution in [0, 0.1) is 20.8 Å². The van der Waals surface area contributed by atoms with Gasteiger partial charge in [-0.2, -0.15) is 5.10 Å². The highest BCUT2D eigenvalue weighted by Gasteiger charge is 2.11. The van der Waals surface area contributed by atoms with Crippen molar-refractivity contribution in [3.05, 3.63) is 52.3 Å². The van der Waals surface area contributed by atoms with Crippen LogP contribution in [0.15, 0.2) is 29.3 Å². The van der Waals surface area contributed by atoms with Gasteiger partial charge in [0, 0.05) is 31.5 Å². The Morgan fingerprint density at radius 3 is 2.65 bits per heavy atom. The molecule has 0 bridgehead atoms. The molecule has 0 atom stereocenters. The third-order valence-corrected chi connectivity index (χ3v) is 4.48. The second-order valence-corrected chi connectivity index (χ2v) is 6.34. The minimum absolute atomic E-state index is 0.660.